The first-order valence-electron chi connectivity index (χ1n) is 9.90. The molecule has 4 aromatic heterocycles. The molecule has 1 amide bonds. The van der Waals surface area contributed by atoms with Crippen molar-refractivity contribution in [1.29, 1.82) is 0 Å². The third-order valence-electron chi connectivity index (χ3n) is 5.23. The maximum Gasteiger partial charge on any atom is 0.276 e. The summed E-state index contributed by atoms with van der Waals surface area (Å²) in [6.07, 6.45) is 6.66. The van der Waals surface area contributed by atoms with Crippen LogP contribution in [-0.4, -0.2) is 40.1 Å². The molecule has 5 aromatic rings. The Balaban J connectivity index is 1.37. The van der Waals surface area contributed by atoms with Gasteiger partial charge in [-0.2, -0.15) is 15.3 Å². The van der Waals surface area contributed by atoms with E-state index in [1.54, 1.807) is 44.6 Å². The highest BCUT2D eigenvalue weighted by Gasteiger charge is 2.17. The number of aryl methyl sites for hydroxylation is 1. The number of carbonyl (C=O) groups is 1. The van der Waals surface area contributed by atoms with Crippen LogP contribution in [0.3, 0.4) is 0 Å². The number of amides is 1. The summed E-state index contributed by atoms with van der Waals surface area (Å²) < 4.78 is 18.4. The molecule has 1 aromatic carbocycles. The highest BCUT2D eigenvalue weighted by molar-refractivity contribution is 6.03. The van der Waals surface area contributed by atoms with E-state index in [1.807, 2.05) is 26.1 Å². The van der Waals surface area contributed by atoms with Crippen molar-refractivity contribution in [2.45, 2.75) is 13.5 Å². The molecule has 0 atom stereocenters. The lowest BCUT2D eigenvalue weighted by Gasteiger charge is -2.03. The van der Waals surface area contributed by atoms with Crippen LogP contribution in [0.1, 0.15) is 21.7 Å². The van der Waals surface area contributed by atoms with Crippen LogP contribution in [-0.2, 0) is 13.6 Å². The molecule has 0 unspecified atom stereocenters. The largest absolute Gasteiger partial charge is 0.318 e. The van der Waals surface area contributed by atoms with Gasteiger partial charge < -0.3 is 5.32 Å². The van der Waals surface area contributed by atoms with E-state index in [9.17, 15) is 9.18 Å². The molecule has 9 nitrogen and oxygen atoms in total. The van der Waals surface area contributed by atoms with Crippen LogP contribution in [0, 0.1) is 12.7 Å². The summed E-state index contributed by atoms with van der Waals surface area (Å²) in [5.41, 5.74) is 4.75. The van der Waals surface area contributed by atoms with Crippen molar-refractivity contribution < 1.29 is 9.18 Å². The van der Waals surface area contributed by atoms with E-state index < -0.39 is 0 Å². The van der Waals surface area contributed by atoms with Crippen molar-refractivity contribution in [3.8, 4) is 11.3 Å². The standard InChI is InChI=1S/C22H19FN8O/c1-14-18(11-25-29(14)2)20-6-7-24-21-9-19(28-31(20)21)22(32)27-17-10-26-30(13-17)12-15-4-3-5-16(23)8-15/h3-11,13H,12H2,1-2H3,(H,27,32). The number of nitrogens with one attached hydrogen (secondary N) is 1. The number of hydrogen-bond donors (Lipinski definition) is 1. The fourth-order valence-electron chi connectivity index (χ4n) is 3.49. The van der Waals surface area contributed by atoms with E-state index in [0.717, 1.165) is 22.5 Å². The zero-order chi connectivity index (χ0) is 22.2. The molecule has 0 saturated heterocycles. The molecule has 0 aliphatic heterocycles. The zero-order valence-electron chi connectivity index (χ0n) is 17.4. The number of carbonyl (C=O) groups excluding carboxylic acids is 1. The monoisotopic (exact) mass is 430 g/mol. The average Bonchev–Trinajstić information content (AvgIpc) is 3.48. The summed E-state index contributed by atoms with van der Waals surface area (Å²) in [6.45, 7) is 2.35. The number of aromatic nitrogens is 7. The van der Waals surface area contributed by atoms with Crippen LogP contribution < -0.4 is 5.32 Å². The molecule has 32 heavy (non-hydrogen) atoms. The van der Waals surface area contributed by atoms with Gasteiger partial charge in [-0.1, -0.05) is 12.1 Å². The van der Waals surface area contributed by atoms with Crippen molar-refractivity contribution in [3.05, 3.63) is 84.0 Å². The predicted octanol–water partition coefficient (Wildman–Crippen LogP) is 3.07. The van der Waals surface area contributed by atoms with Gasteiger partial charge in [-0.25, -0.2) is 13.9 Å². The Morgan fingerprint density at radius 2 is 2.03 bits per heavy atom. The summed E-state index contributed by atoms with van der Waals surface area (Å²) >= 11 is 0. The fourth-order valence-corrected chi connectivity index (χ4v) is 3.49. The van der Waals surface area contributed by atoms with E-state index in [0.29, 0.717) is 17.9 Å². The van der Waals surface area contributed by atoms with Gasteiger partial charge in [0.25, 0.3) is 5.91 Å². The van der Waals surface area contributed by atoms with Gasteiger partial charge in [-0.05, 0) is 30.7 Å². The van der Waals surface area contributed by atoms with Crippen LogP contribution in [0.25, 0.3) is 16.9 Å². The molecule has 10 heteroatoms. The first kappa shape index (κ1) is 19.6. The van der Waals surface area contributed by atoms with Crippen LogP contribution in [0.2, 0.25) is 0 Å². The topological polar surface area (TPSA) is 94.9 Å². The SMILES string of the molecule is Cc1c(-c2ccnc3cc(C(=O)Nc4cnn(Cc5cccc(F)c5)c4)nn23)cnn1C. The van der Waals surface area contributed by atoms with Gasteiger partial charge in [0, 0.05) is 36.8 Å². The lowest BCUT2D eigenvalue weighted by atomic mass is 10.2. The van der Waals surface area contributed by atoms with Gasteiger partial charge in [-0.15, -0.1) is 0 Å². The number of rotatable bonds is 5. The number of nitrogens with zero attached hydrogens (tertiary/aromatic N) is 7. The third kappa shape index (κ3) is 3.62. The van der Waals surface area contributed by atoms with Crippen LogP contribution in [0.5, 0.6) is 0 Å². The minimum Gasteiger partial charge on any atom is -0.318 e. The Kier molecular flexibility index (Phi) is 4.74. The lowest BCUT2D eigenvalue weighted by molar-refractivity contribution is 0.102. The Morgan fingerprint density at radius 3 is 2.81 bits per heavy atom. The minimum absolute atomic E-state index is 0.226. The lowest BCUT2D eigenvalue weighted by Crippen LogP contribution is -2.12. The molecule has 0 bridgehead atoms. The van der Waals surface area contributed by atoms with Gasteiger partial charge in [0.15, 0.2) is 11.3 Å². The minimum atomic E-state index is -0.380. The third-order valence-corrected chi connectivity index (χ3v) is 5.23. The van der Waals surface area contributed by atoms with Crippen molar-refractivity contribution in [3.63, 3.8) is 0 Å². The molecule has 0 aliphatic rings. The molecule has 160 valence electrons. The molecule has 0 fully saturated rings. The van der Waals surface area contributed by atoms with Crippen molar-refractivity contribution >= 4 is 17.2 Å². The molecule has 0 spiro atoms. The van der Waals surface area contributed by atoms with Gasteiger partial charge in [0.1, 0.15) is 5.82 Å². The van der Waals surface area contributed by atoms with E-state index in [4.69, 9.17) is 0 Å². The van der Waals surface area contributed by atoms with Gasteiger partial charge >= 0.3 is 0 Å². The predicted molar refractivity (Wildman–Crippen MR) is 116 cm³/mol. The van der Waals surface area contributed by atoms with E-state index in [-0.39, 0.29) is 17.4 Å². The molecule has 1 N–H and O–H groups in total. The number of fused-ring (bicyclic) bond motifs is 1. The van der Waals surface area contributed by atoms with Crippen molar-refractivity contribution in [2.75, 3.05) is 5.32 Å². The Hall–Kier alpha value is -4.34. The Labute approximate surface area is 182 Å². The maximum atomic E-state index is 13.4. The molecular weight excluding hydrogens is 411 g/mol. The summed E-state index contributed by atoms with van der Waals surface area (Å²) in [5, 5.41) is 15.8. The van der Waals surface area contributed by atoms with E-state index >= 15 is 0 Å². The normalized spacial score (nSPS) is 11.2. The number of anilines is 1. The second-order valence-corrected chi connectivity index (χ2v) is 7.41. The first-order valence-corrected chi connectivity index (χ1v) is 9.90. The molecule has 5 rings (SSSR count). The van der Waals surface area contributed by atoms with Gasteiger partial charge in [0.05, 0.1) is 30.3 Å². The smallest absolute Gasteiger partial charge is 0.276 e. The molecule has 0 saturated carbocycles. The Morgan fingerprint density at radius 1 is 1.16 bits per heavy atom. The molecule has 0 aliphatic carbocycles. The quantitative estimate of drug-likeness (QED) is 0.462. The average molecular weight is 430 g/mol. The summed E-state index contributed by atoms with van der Waals surface area (Å²) in [4.78, 5) is 17.1. The number of halogens is 1. The van der Waals surface area contributed by atoms with E-state index in [2.05, 4.69) is 25.6 Å². The van der Waals surface area contributed by atoms with Crippen molar-refractivity contribution in [2.24, 2.45) is 7.05 Å². The Bertz CT molecular complexity index is 1450. The molecular formula is C22H19FN8O. The van der Waals surface area contributed by atoms with Gasteiger partial charge in [0.2, 0.25) is 0 Å². The summed E-state index contributed by atoms with van der Waals surface area (Å²) in [7, 11) is 1.87. The van der Waals surface area contributed by atoms with Gasteiger partial charge in [-0.3, -0.25) is 14.2 Å². The van der Waals surface area contributed by atoms with E-state index in [1.165, 1.54) is 18.3 Å². The highest BCUT2D eigenvalue weighted by Crippen LogP contribution is 2.23. The number of benzene rings is 1. The zero-order valence-corrected chi connectivity index (χ0v) is 17.4. The van der Waals surface area contributed by atoms with Crippen LogP contribution in [0.4, 0.5) is 10.1 Å². The maximum absolute atomic E-state index is 13.4. The summed E-state index contributed by atoms with van der Waals surface area (Å²) in [6, 6.07) is 9.77. The van der Waals surface area contributed by atoms with Crippen LogP contribution in [0.15, 0.2) is 61.2 Å². The second-order valence-electron chi connectivity index (χ2n) is 7.41. The highest BCUT2D eigenvalue weighted by atomic mass is 19.1. The summed E-state index contributed by atoms with van der Waals surface area (Å²) in [5.74, 6) is -0.681. The fraction of sp³-hybridized carbons (Fsp3) is 0.136. The molecule has 4 heterocycles. The first-order chi connectivity index (χ1) is 15.5. The molecule has 0 radical (unpaired) electrons. The second kappa shape index (κ2) is 7.73. The number of hydrogen-bond acceptors (Lipinski definition) is 5. The van der Waals surface area contributed by atoms with Crippen LogP contribution >= 0.6 is 0 Å². The van der Waals surface area contributed by atoms with Crippen molar-refractivity contribution in [1.82, 2.24) is 34.2 Å².